The molecule has 25 heavy (non-hydrogen) atoms. The highest BCUT2D eigenvalue weighted by molar-refractivity contribution is 5.79. The lowest BCUT2D eigenvalue weighted by atomic mass is 9.92. The number of rotatable bonds is 3. The molecule has 0 N–H and O–H groups in total. The molecule has 5 heteroatoms. The number of carbonyl (C=O) groups is 1. The molecule has 136 valence electrons. The molecule has 1 amide bonds. The highest BCUT2D eigenvalue weighted by atomic mass is 16.7. The van der Waals surface area contributed by atoms with Gasteiger partial charge in [-0.25, -0.2) is 0 Å². The molecule has 1 aromatic rings. The second-order valence-corrected chi connectivity index (χ2v) is 7.77. The Morgan fingerprint density at radius 3 is 2.72 bits per heavy atom. The fourth-order valence-corrected chi connectivity index (χ4v) is 4.28. The third kappa shape index (κ3) is 3.76. The van der Waals surface area contributed by atoms with Gasteiger partial charge in [-0.1, -0.05) is 13.0 Å². The van der Waals surface area contributed by atoms with Crippen molar-refractivity contribution in [3.05, 3.63) is 23.8 Å². The van der Waals surface area contributed by atoms with Crippen molar-refractivity contribution in [2.75, 3.05) is 33.0 Å². The van der Waals surface area contributed by atoms with E-state index in [9.17, 15) is 4.79 Å². The van der Waals surface area contributed by atoms with E-state index in [0.717, 1.165) is 63.5 Å². The zero-order valence-electron chi connectivity index (χ0n) is 15.1. The van der Waals surface area contributed by atoms with E-state index < -0.39 is 0 Å². The molecule has 5 nitrogen and oxygen atoms in total. The molecule has 0 aliphatic carbocycles. The number of fused-ring (bicyclic) bond motifs is 1. The van der Waals surface area contributed by atoms with E-state index in [1.165, 1.54) is 12.0 Å². The first-order valence-electron chi connectivity index (χ1n) is 9.59. The number of likely N-dealkylation sites (tertiary alicyclic amines) is 2. The van der Waals surface area contributed by atoms with Crippen molar-refractivity contribution in [2.45, 2.75) is 39.2 Å². The summed E-state index contributed by atoms with van der Waals surface area (Å²) in [6.07, 6.45) is 4.39. The van der Waals surface area contributed by atoms with Crippen molar-refractivity contribution in [1.82, 2.24) is 9.80 Å². The summed E-state index contributed by atoms with van der Waals surface area (Å²) in [5.41, 5.74) is 1.25. The molecule has 0 spiro atoms. The van der Waals surface area contributed by atoms with Gasteiger partial charge >= 0.3 is 0 Å². The Bertz CT molecular complexity index is 625. The Labute approximate surface area is 149 Å². The van der Waals surface area contributed by atoms with E-state index in [-0.39, 0.29) is 5.92 Å². The Balaban J connectivity index is 1.29. The summed E-state index contributed by atoms with van der Waals surface area (Å²) in [6.45, 7) is 7.40. The van der Waals surface area contributed by atoms with E-state index in [4.69, 9.17) is 9.47 Å². The molecule has 3 heterocycles. The molecule has 1 atom stereocenters. The van der Waals surface area contributed by atoms with Crippen LogP contribution in [0.5, 0.6) is 11.5 Å². The van der Waals surface area contributed by atoms with Crippen molar-refractivity contribution in [3.63, 3.8) is 0 Å². The average Bonchev–Trinajstić information content (AvgIpc) is 3.09. The number of ether oxygens (including phenoxy) is 2. The van der Waals surface area contributed by atoms with Crippen LogP contribution >= 0.6 is 0 Å². The molecule has 1 aromatic carbocycles. The van der Waals surface area contributed by atoms with Crippen molar-refractivity contribution >= 4 is 5.91 Å². The lowest BCUT2D eigenvalue weighted by Gasteiger charge is -2.37. The van der Waals surface area contributed by atoms with Crippen LogP contribution in [0.2, 0.25) is 0 Å². The van der Waals surface area contributed by atoms with Crippen LogP contribution in [0, 0.1) is 11.8 Å². The SMILES string of the molecule is C[C@H]1CCCN(C(=O)C2CCN(Cc3ccc4c(c3)OCO4)CC2)C1. The standard InChI is InChI=1S/C20H28N2O3/c1-15-3-2-8-22(12-15)20(23)17-6-9-21(10-7-17)13-16-4-5-18-19(11-16)25-14-24-18/h4-5,11,15,17H,2-3,6-10,12-14H2,1H3/t15-/m0/s1. The van der Waals surface area contributed by atoms with Crippen LogP contribution in [0.25, 0.3) is 0 Å². The van der Waals surface area contributed by atoms with Gasteiger partial charge in [-0.15, -0.1) is 0 Å². The molecule has 3 aliphatic heterocycles. The zero-order chi connectivity index (χ0) is 17.2. The van der Waals surface area contributed by atoms with E-state index in [1.54, 1.807) is 0 Å². The lowest BCUT2D eigenvalue weighted by Crippen LogP contribution is -2.45. The van der Waals surface area contributed by atoms with E-state index in [2.05, 4.69) is 28.9 Å². The van der Waals surface area contributed by atoms with Crippen LogP contribution in [0.3, 0.4) is 0 Å². The van der Waals surface area contributed by atoms with Gasteiger partial charge in [0.2, 0.25) is 12.7 Å². The van der Waals surface area contributed by atoms with E-state index in [0.29, 0.717) is 18.6 Å². The first kappa shape index (κ1) is 16.7. The molecule has 0 unspecified atom stereocenters. The van der Waals surface area contributed by atoms with Gasteiger partial charge in [-0.3, -0.25) is 9.69 Å². The summed E-state index contributed by atoms with van der Waals surface area (Å²) in [7, 11) is 0. The number of nitrogens with zero attached hydrogens (tertiary/aromatic N) is 2. The van der Waals surface area contributed by atoms with Gasteiger partial charge < -0.3 is 14.4 Å². The predicted molar refractivity (Wildman–Crippen MR) is 95.5 cm³/mol. The minimum atomic E-state index is 0.221. The summed E-state index contributed by atoms with van der Waals surface area (Å²) in [5.74, 6) is 2.96. The quantitative estimate of drug-likeness (QED) is 0.846. The van der Waals surface area contributed by atoms with Crippen molar-refractivity contribution in [3.8, 4) is 11.5 Å². The second-order valence-electron chi connectivity index (χ2n) is 7.77. The number of piperidine rings is 2. The highest BCUT2D eigenvalue weighted by Gasteiger charge is 2.30. The van der Waals surface area contributed by atoms with Crippen molar-refractivity contribution in [1.29, 1.82) is 0 Å². The first-order chi connectivity index (χ1) is 12.2. The molecule has 4 rings (SSSR count). The van der Waals surface area contributed by atoms with Crippen LogP contribution in [-0.4, -0.2) is 48.7 Å². The Morgan fingerprint density at radius 2 is 1.92 bits per heavy atom. The maximum Gasteiger partial charge on any atom is 0.231 e. The van der Waals surface area contributed by atoms with Gasteiger partial charge in [0.1, 0.15) is 0 Å². The Hall–Kier alpha value is -1.75. The summed E-state index contributed by atoms with van der Waals surface area (Å²) in [6, 6.07) is 6.18. The number of hydrogen-bond donors (Lipinski definition) is 0. The average molecular weight is 344 g/mol. The van der Waals surface area contributed by atoms with E-state index in [1.807, 2.05) is 6.07 Å². The number of amides is 1. The normalized spacial score (nSPS) is 24.5. The number of hydrogen-bond acceptors (Lipinski definition) is 4. The van der Waals surface area contributed by atoms with Gasteiger partial charge in [0.25, 0.3) is 0 Å². The maximum absolute atomic E-state index is 12.8. The lowest BCUT2D eigenvalue weighted by molar-refractivity contribution is -0.138. The van der Waals surface area contributed by atoms with Gasteiger partial charge in [0.15, 0.2) is 11.5 Å². The Kier molecular flexibility index (Phi) is 4.84. The maximum atomic E-state index is 12.8. The fraction of sp³-hybridized carbons (Fsp3) is 0.650. The summed E-state index contributed by atoms with van der Waals surface area (Å²) in [5, 5.41) is 0. The summed E-state index contributed by atoms with van der Waals surface area (Å²) >= 11 is 0. The predicted octanol–water partition coefficient (Wildman–Crippen LogP) is 2.89. The van der Waals surface area contributed by atoms with Crippen LogP contribution in [0.4, 0.5) is 0 Å². The molecular formula is C20H28N2O3. The highest BCUT2D eigenvalue weighted by Crippen LogP contribution is 2.33. The fourth-order valence-electron chi connectivity index (χ4n) is 4.28. The number of benzene rings is 1. The van der Waals surface area contributed by atoms with Gasteiger partial charge in [0.05, 0.1) is 0 Å². The van der Waals surface area contributed by atoms with Crippen molar-refractivity contribution in [2.24, 2.45) is 11.8 Å². The molecule has 0 radical (unpaired) electrons. The van der Waals surface area contributed by atoms with Gasteiger partial charge in [-0.2, -0.15) is 0 Å². The monoisotopic (exact) mass is 344 g/mol. The topological polar surface area (TPSA) is 42.0 Å². The third-order valence-corrected chi connectivity index (χ3v) is 5.75. The minimum Gasteiger partial charge on any atom is -0.454 e. The van der Waals surface area contributed by atoms with Crippen LogP contribution in [-0.2, 0) is 11.3 Å². The molecule has 2 saturated heterocycles. The van der Waals surface area contributed by atoms with E-state index >= 15 is 0 Å². The smallest absolute Gasteiger partial charge is 0.231 e. The Morgan fingerprint density at radius 1 is 1.12 bits per heavy atom. The summed E-state index contributed by atoms with van der Waals surface area (Å²) in [4.78, 5) is 17.3. The molecular weight excluding hydrogens is 316 g/mol. The third-order valence-electron chi connectivity index (χ3n) is 5.75. The molecule has 0 bridgehead atoms. The van der Waals surface area contributed by atoms with Crippen molar-refractivity contribution < 1.29 is 14.3 Å². The zero-order valence-corrected chi connectivity index (χ0v) is 15.1. The first-order valence-corrected chi connectivity index (χ1v) is 9.59. The van der Waals surface area contributed by atoms with Gasteiger partial charge in [-0.05, 0) is 62.4 Å². The molecule has 2 fully saturated rings. The van der Waals surface area contributed by atoms with Crippen LogP contribution < -0.4 is 9.47 Å². The molecule has 0 aromatic heterocycles. The largest absolute Gasteiger partial charge is 0.454 e. The summed E-state index contributed by atoms with van der Waals surface area (Å²) < 4.78 is 10.8. The van der Waals surface area contributed by atoms with Gasteiger partial charge in [0, 0.05) is 25.6 Å². The minimum absolute atomic E-state index is 0.221. The second kappa shape index (κ2) is 7.24. The molecule has 3 aliphatic rings. The van der Waals surface area contributed by atoms with Crippen LogP contribution in [0.1, 0.15) is 38.2 Å². The number of carbonyl (C=O) groups excluding carboxylic acids is 1. The molecule has 0 saturated carbocycles. The van der Waals surface area contributed by atoms with Crippen LogP contribution in [0.15, 0.2) is 18.2 Å².